The normalized spacial score (nSPS) is 13.1. The van der Waals surface area contributed by atoms with Crippen LogP contribution in [0.15, 0.2) is 66.7 Å². The van der Waals surface area contributed by atoms with Gasteiger partial charge >= 0.3 is 12.5 Å². The van der Waals surface area contributed by atoms with Gasteiger partial charge in [-0.1, -0.05) is 12.1 Å². The van der Waals surface area contributed by atoms with Crippen LogP contribution in [0.5, 0.6) is 0 Å². The number of aromatic nitrogens is 2. The number of alkyl halides is 2. The van der Waals surface area contributed by atoms with E-state index in [1.54, 1.807) is 18.2 Å². The van der Waals surface area contributed by atoms with E-state index in [2.05, 4.69) is 4.98 Å². The summed E-state index contributed by atoms with van der Waals surface area (Å²) in [5.74, 6) is -2.83. The van der Waals surface area contributed by atoms with E-state index in [0.29, 0.717) is 10.1 Å². The molecule has 0 fully saturated rings. The van der Waals surface area contributed by atoms with Gasteiger partial charge < -0.3 is 4.74 Å². The Labute approximate surface area is 190 Å². The van der Waals surface area contributed by atoms with Crippen LogP contribution in [-0.4, -0.2) is 27.3 Å². The van der Waals surface area contributed by atoms with Crippen LogP contribution < -0.4 is 4.90 Å². The Bertz CT molecular complexity index is 1460. The number of hydrogen-bond donors (Lipinski definition) is 0. The first-order chi connectivity index (χ1) is 16.3. The Morgan fingerprint density at radius 1 is 0.941 bits per heavy atom. The third-order valence-electron chi connectivity index (χ3n) is 5.40. The lowest BCUT2D eigenvalue weighted by molar-refractivity contribution is 0.0387. The minimum absolute atomic E-state index is 0.0244. The number of carbonyl (C=O) groups excluding carboxylic acids is 3. The number of halogens is 3. The summed E-state index contributed by atoms with van der Waals surface area (Å²) in [4.78, 5) is 43.1. The average molecular weight is 465 g/mol. The maximum atomic E-state index is 13.6. The van der Waals surface area contributed by atoms with Crippen molar-refractivity contribution in [3.63, 3.8) is 0 Å². The number of benzene rings is 3. The van der Waals surface area contributed by atoms with Crippen molar-refractivity contribution in [2.45, 2.75) is 13.2 Å². The van der Waals surface area contributed by atoms with Crippen molar-refractivity contribution >= 4 is 34.5 Å². The predicted molar refractivity (Wildman–Crippen MR) is 114 cm³/mol. The van der Waals surface area contributed by atoms with E-state index in [9.17, 15) is 27.6 Å². The van der Waals surface area contributed by atoms with Crippen molar-refractivity contribution in [2.24, 2.45) is 0 Å². The number of carbonyl (C=O) groups is 3. The summed E-state index contributed by atoms with van der Waals surface area (Å²) in [5, 5.41) is 0. The van der Waals surface area contributed by atoms with Gasteiger partial charge in [-0.3, -0.25) is 14.2 Å². The van der Waals surface area contributed by atoms with Crippen LogP contribution in [-0.2, 0) is 11.3 Å². The van der Waals surface area contributed by atoms with Crippen LogP contribution in [0.3, 0.4) is 0 Å². The number of imidazole rings is 1. The first-order valence-electron chi connectivity index (χ1n) is 10.0. The number of ether oxygens (including phenoxy) is 1. The quantitative estimate of drug-likeness (QED) is 0.315. The van der Waals surface area contributed by atoms with Crippen LogP contribution in [0.4, 0.5) is 18.9 Å². The minimum atomic E-state index is -2.89. The van der Waals surface area contributed by atoms with Crippen molar-refractivity contribution in [3.8, 4) is 0 Å². The fourth-order valence-corrected chi connectivity index (χ4v) is 3.82. The molecule has 4 aromatic rings. The maximum Gasteiger partial charge on any atom is 0.338 e. The van der Waals surface area contributed by atoms with E-state index in [-0.39, 0.29) is 33.7 Å². The first kappa shape index (κ1) is 21.4. The lowest BCUT2D eigenvalue weighted by Crippen LogP contribution is -2.29. The molecule has 0 bridgehead atoms. The number of fused-ring (bicyclic) bond motifs is 2. The molecule has 0 radical (unpaired) electrons. The molecule has 170 valence electrons. The fraction of sp³-hybridized carbons (Fsp3) is 0.0833. The van der Waals surface area contributed by atoms with Gasteiger partial charge in [0.2, 0.25) is 0 Å². The molecule has 1 aromatic heterocycles. The summed E-state index contributed by atoms with van der Waals surface area (Å²) in [7, 11) is 0. The SMILES string of the molecule is O=C(OCc1nc2ccccc2n1C(F)F)c1ccc2c(c1)C(=O)N(c1ccc(F)cc1)C2=O. The number of imide groups is 1. The largest absolute Gasteiger partial charge is 0.454 e. The highest BCUT2D eigenvalue weighted by molar-refractivity contribution is 6.34. The molecule has 0 unspecified atom stereocenters. The van der Waals surface area contributed by atoms with Crippen LogP contribution in [0.1, 0.15) is 43.4 Å². The van der Waals surface area contributed by atoms with Gasteiger partial charge in [-0.25, -0.2) is 19.1 Å². The Kier molecular flexibility index (Phi) is 5.12. The molecule has 7 nitrogen and oxygen atoms in total. The molecule has 0 atom stereocenters. The fourth-order valence-electron chi connectivity index (χ4n) is 3.82. The standard InChI is InChI=1S/C24H14F3N3O4/c25-14-6-8-15(9-7-14)29-21(31)16-10-5-13(11-17(16)22(29)32)23(33)34-12-20-28-18-3-1-2-4-19(18)30(20)24(26)27/h1-11,24H,12H2. The van der Waals surface area contributed by atoms with E-state index in [1.807, 2.05) is 0 Å². The molecule has 2 heterocycles. The van der Waals surface area contributed by atoms with Gasteiger partial charge in [-0.05, 0) is 54.6 Å². The van der Waals surface area contributed by atoms with E-state index < -0.39 is 36.8 Å². The molecule has 1 aliphatic rings. The maximum absolute atomic E-state index is 13.6. The number of nitrogens with zero attached hydrogens (tertiary/aromatic N) is 3. The first-order valence-corrected chi connectivity index (χ1v) is 10.0. The summed E-state index contributed by atoms with van der Waals surface area (Å²) in [5.41, 5.74) is 0.722. The molecule has 5 rings (SSSR count). The van der Waals surface area contributed by atoms with E-state index in [0.717, 1.165) is 17.0 Å². The number of hydrogen-bond acceptors (Lipinski definition) is 5. The number of rotatable bonds is 5. The highest BCUT2D eigenvalue weighted by Gasteiger charge is 2.37. The lowest BCUT2D eigenvalue weighted by atomic mass is 10.1. The van der Waals surface area contributed by atoms with Gasteiger partial charge in [0.25, 0.3) is 11.8 Å². The molecule has 0 aliphatic carbocycles. The molecular formula is C24H14F3N3O4. The Balaban J connectivity index is 1.38. The summed E-state index contributed by atoms with van der Waals surface area (Å²) >= 11 is 0. The third-order valence-corrected chi connectivity index (χ3v) is 5.40. The molecule has 10 heteroatoms. The zero-order chi connectivity index (χ0) is 24.0. The lowest BCUT2D eigenvalue weighted by Gasteiger charge is -2.13. The van der Waals surface area contributed by atoms with Crippen molar-refractivity contribution < 1.29 is 32.3 Å². The van der Waals surface area contributed by atoms with Gasteiger partial charge in [0, 0.05) is 0 Å². The van der Waals surface area contributed by atoms with Gasteiger partial charge in [0.1, 0.15) is 12.4 Å². The second-order valence-electron chi connectivity index (χ2n) is 7.42. The van der Waals surface area contributed by atoms with E-state index in [1.165, 1.54) is 36.4 Å². The van der Waals surface area contributed by atoms with Gasteiger partial charge in [-0.15, -0.1) is 0 Å². The molecule has 1 aliphatic heterocycles. The molecule has 0 spiro atoms. The highest BCUT2D eigenvalue weighted by Crippen LogP contribution is 2.30. The zero-order valence-corrected chi connectivity index (χ0v) is 17.2. The van der Waals surface area contributed by atoms with E-state index >= 15 is 0 Å². The summed E-state index contributed by atoms with van der Waals surface area (Å²) in [6.45, 7) is -3.41. The molecule has 0 saturated carbocycles. The predicted octanol–water partition coefficient (Wildman–Crippen LogP) is 4.73. The highest BCUT2D eigenvalue weighted by atomic mass is 19.3. The van der Waals surface area contributed by atoms with Crippen molar-refractivity contribution in [3.05, 3.63) is 95.1 Å². The number of amides is 2. The van der Waals surface area contributed by atoms with E-state index in [4.69, 9.17) is 4.74 Å². The molecule has 2 amide bonds. The molecule has 34 heavy (non-hydrogen) atoms. The summed E-state index contributed by atoms with van der Waals surface area (Å²) in [6, 6.07) is 14.9. The topological polar surface area (TPSA) is 81.5 Å². The monoisotopic (exact) mass is 465 g/mol. The molecule has 0 N–H and O–H groups in total. The van der Waals surface area contributed by atoms with Gasteiger partial charge in [0.15, 0.2) is 5.82 Å². The Morgan fingerprint density at radius 3 is 2.38 bits per heavy atom. The van der Waals surface area contributed by atoms with Crippen molar-refractivity contribution in [1.82, 2.24) is 9.55 Å². The van der Waals surface area contributed by atoms with Crippen LogP contribution in [0, 0.1) is 5.82 Å². The Hall–Kier alpha value is -4.47. The third kappa shape index (κ3) is 3.49. The minimum Gasteiger partial charge on any atom is -0.454 e. The Morgan fingerprint density at radius 2 is 1.65 bits per heavy atom. The number of esters is 1. The van der Waals surface area contributed by atoms with Crippen molar-refractivity contribution in [1.29, 1.82) is 0 Å². The average Bonchev–Trinajstić information content (AvgIpc) is 3.33. The zero-order valence-electron chi connectivity index (χ0n) is 17.2. The molecular weight excluding hydrogens is 451 g/mol. The second kappa shape index (κ2) is 8.14. The van der Waals surface area contributed by atoms with Crippen molar-refractivity contribution in [2.75, 3.05) is 4.90 Å². The smallest absolute Gasteiger partial charge is 0.338 e. The second-order valence-corrected chi connectivity index (χ2v) is 7.42. The van der Waals surface area contributed by atoms with Crippen LogP contribution in [0.25, 0.3) is 11.0 Å². The molecule has 0 saturated heterocycles. The summed E-state index contributed by atoms with van der Waals surface area (Å²) in [6.07, 6.45) is 0. The number of para-hydroxylation sites is 2. The van der Waals surface area contributed by atoms with Gasteiger partial charge in [0.05, 0.1) is 33.4 Å². The molecule has 3 aromatic carbocycles. The summed E-state index contributed by atoms with van der Waals surface area (Å²) < 4.78 is 46.2. The number of anilines is 1. The van der Waals surface area contributed by atoms with Crippen LogP contribution >= 0.6 is 0 Å². The van der Waals surface area contributed by atoms with Gasteiger partial charge in [-0.2, -0.15) is 8.78 Å². The van der Waals surface area contributed by atoms with Crippen LogP contribution in [0.2, 0.25) is 0 Å².